The van der Waals surface area contributed by atoms with Crippen LogP contribution in [0, 0.1) is 6.92 Å². The van der Waals surface area contributed by atoms with Gasteiger partial charge < -0.3 is 9.73 Å². The van der Waals surface area contributed by atoms with Crippen LogP contribution in [0.2, 0.25) is 0 Å². The van der Waals surface area contributed by atoms with E-state index >= 15 is 0 Å². The molecule has 0 radical (unpaired) electrons. The molecule has 3 aromatic heterocycles. The van der Waals surface area contributed by atoms with Crippen molar-refractivity contribution in [1.29, 1.82) is 0 Å². The van der Waals surface area contributed by atoms with Crippen molar-refractivity contribution in [3.8, 4) is 17.4 Å². The van der Waals surface area contributed by atoms with E-state index in [9.17, 15) is 9.59 Å². The van der Waals surface area contributed by atoms with E-state index in [1.807, 2.05) is 31.4 Å². The van der Waals surface area contributed by atoms with E-state index in [4.69, 9.17) is 4.42 Å². The van der Waals surface area contributed by atoms with E-state index < -0.39 is 0 Å². The first-order chi connectivity index (χ1) is 15.0. The molecule has 8 nitrogen and oxygen atoms in total. The zero-order valence-corrected chi connectivity index (χ0v) is 18.1. The van der Waals surface area contributed by atoms with E-state index in [1.54, 1.807) is 37.5 Å². The molecule has 1 aromatic carbocycles. The van der Waals surface area contributed by atoms with Gasteiger partial charge in [-0.05, 0) is 43.9 Å². The monoisotopic (exact) mass is 435 g/mol. The summed E-state index contributed by atoms with van der Waals surface area (Å²) in [4.78, 5) is 33.6. The van der Waals surface area contributed by atoms with Crippen molar-refractivity contribution >= 4 is 23.5 Å². The zero-order chi connectivity index (χ0) is 22.0. The van der Waals surface area contributed by atoms with Crippen LogP contribution >= 0.6 is 11.8 Å². The zero-order valence-electron chi connectivity index (χ0n) is 17.3. The molecule has 0 fully saturated rings. The number of rotatable bonds is 6. The van der Waals surface area contributed by atoms with Crippen LogP contribution in [-0.4, -0.2) is 31.9 Å². The van der Waals surface area contributed by atoms with Crippen LogP contribution in [0.3, 0.4) is 0 Å². The topological polar surface area (TPSA) is 106 Å². The minimum Gasteiger partial charge on any atom is -0.463 e. The quantitative estimate of drug-likeness (QED) is 0.443. The molecule has 2 N–H and O–H groups in total. The number of H-pyrrole nitrogens is 1. The van der Waals surface area contributed by atoms with Crippen molar-refractivity contribution in [1.82, 2.24) is 19.7 Å². The average Bonchev–Trinajstić information content (AvgIpc) is 3.43. The fourth-order valence-electron chi connectivity index (χ4n) is 3.30. The van der Waals surface area contributed by atoms with Crippen LogP contribution in [0.4, 0.5) is 5.82 Å². The van der Waals surface area contributed by atoms with Crippen molar-refractivity contribution < 1.29 is 9.21 Å². The predicted molar refractivity (Wildman–Crippen MR) is 120 cm³/mol. The number of furan rings is 1. The molecule has 0 aliphatic rings. The van der Waals surface area contributed by atoms with E-state index in [0.29, 0.717) is 40.5 Å². The summed E-state index contributed by atoms with van der Waals surface area (Å²) >= 11 is 1.49. The summed E-state index contributed by atoms with van der Waals surface area (Å²) < 4.78 is 6.86. The number of nitrogens with one attached hydrogen (secondary N) is 2. The maximum Gasteiger partial charge on any atom is 0.257 e. The van der Waals surface area contributed by atoms with Crippen LogP contribution in [0.5, 0.6) is 0 Å². The van der Waals surface area contributed by atoms with Crippen LogP contribution in [0.25, 0.3) is 17.4 Å². The fourth-order valence-corrected chi connectivity index (χ4v) is 3.90. The lowest BCUT2D eigenvalue weighted by molar-refractivity contribution is 0.102. The normalized spacial score (nSPS) is 10.9. The number of thioether (sulfide) groups is 1. The van der Waals surface area contributed by atoms with E-state index in [1.165, 1.54) is 16.4 Å². The number of amides is 1. The molecule has 31 heavy (non-hydrogen) atoms. The first kappa shape index (κ1) is 20.7. The lowest BCUT2D eigenvalue weighted by Gasteiger charge is -2.11. The van der Waals surface area contributed by atoms with Gasteiger partial charge in [0.25, 0.3) is 11.5 Å². The summed E-state index contributed by atoms with van der Waals surface area (Å²) in [5, 5.41) is 7.41. The maximum absolute atomic E-state index is 13.0. The van der Waals surface area contributed by atoms with E-state index in [0.717, 1.165) is 4.90 Å². The lowest BCUT2D eigenvalue weighted by atomic mass is 10.2. The molecule has 9 heteroatoms. The Morgan fingerprint density at radius 2 is 2.06 bits per heavy atom. The van der Waals surface area contributed by atoms with Crippen molar-refractivity contribution in [2.24, 2.45) is 0 Å². The van der Waals surface area contributed by atoms with E-state index in [2.05, 4.69) is 20.4 Å². The summed E-state index contributed by atoms with van der Waals surface area (Å²) in [6.07, 6.45) is 4.03. The molecule has 0 saturated heterocycles. The van der Waals surface area contributed by atoms with Crippen LogP contribution in [0.1, 0.15) is 28.5 Å². The standard InChI is InChI=1S/C22H21N5O3S/c1-4-14-13(2)23-22(25-20(14)28)27-19(12-16(26-27)17-9-7-11-30-17)24-21(29)15-8-5-6-10-18(15)31-3/h5-12H,4H2,1-3H3,(H,24,29)(H,23,25,28). The predicted octanol–water partition coefficient (Wildman–Crippen LogP) is 4.06. The van der Waals surface area contributed by atoms with Gasteiger partial charge in [-0.25, -0.2) is 4.98 Å². The molecule has 0 saturated carbocycles. The Labute approximate surface area is 182 Å². The summed E-state index contributed by atoms with van der Waals surface area (Å²) in [7, 11) is 0. The number of carbonyl (C=O) groups is 1. The number of anilines is 1. The number of hydrogen-bond acceptors (Lipinski definition) is 6. The smallest absolute Gasteiger partial charge is 0.257 e. The Balaban J connectivity index is 1.80. The summed E-state index contributed by atoms with van der Waals surface area (Å²) in [6.45, 7) is 3.68. The second-order valence-corrected chi connectivity index (χ2v) is 7.61. The second kappa shape index (κ2) is 8.65. The average molecular weight is 436 g/mol. The Hall–Kier alpha value is -3.59. The molecule has 0 unspecified atom stereocenters. The molecule has 0 aliphatic heterocycles. The first-order valence-corrected chi connectivity index (χ1v) is 10.9. The van der Waals surface area contributed by atoms with Gasteiger partial charge in [-0.3, -0.25) is 14.6 Å². The third-order valence-electron chi connectivity index (χ3n) is 4.84. The number of hydrogen-bond donors (Lipinski definition) is 2. The molecular formula is C22H21N5O3S. The minimum atomic E-state index is -0.290. The summed E-state index contributed by atoms with van der Waals surface area (Å²) in [5.41, 5.74) is 2.03. The number of aromatic amines is 1. The number of aryl methyl sites for hydroxylation is 1. The molecule has 158 valence electrons. The highest BCUT2D eigenvalue weighted by Crippen LogP contribution is 2.26. The van der Waals surface area contributed by atoms with E-state index in [-0.39, 0.29) is 17.4 Å². The van der Waals surface area contributed by atoms with Gasteiger partial charge in [-0.15, -0.1) is 11.8 Å². The van der Waals surface area contributed by atoms with Crippen LogP contribution in [-0.2, 0) is 6.42 Å². The largest absolute Gasteiger partial charge is 0.463 e. The molecule has 0 bridgehead atoms. The Morgan fingerprint density at radius 1 is 1.26 bits per heavy atom. The summed E-state index contributed by atoms with van der Waals surface area (Å²) in [5.74, 6) is 0.814. The Morgan fingerprint density at radius 3 is 2.74 bits per heavy atom. The number of nitrogens with zero attached hydrogens (tertiary/aromatic N) is 3. The van der Waals surface area contributed by atoms with Crippen LogP contribution < -0.4 is 10.9 Å². The third kappa shape index (κ3) is 4.04. The second-order valence-electron chi connectivity index (χ2n) is 6.77. The highest BCUT2D eigenvalue weighted by Gasteiger charge is 2.19. The molecule has 0 aliphatic carbocycles. The highest BCUT2D eigenvalue weighted by molar-refractivity contribution is 7.98. The molecule has 4 aromatic rings. The number of benzene rings is 1. The molecule has 0 atom stereocenters. The van der Waals surface area contributed by atoms with Crippen molar-refractivity contribution in [3.63, 3.8) is 0 Å². The van der Waals surface area contributed by atoms with Gasteiger partial charge in [-0.1, -0.05) is 19.1 Å². The van der Waals surface area contributed by atoms with Gasteiger partial charge >= 0.3 is 0 Å². The third-order valence-corrected chi connectivity index (χ3v) is 5.64. The molecule has 1 amide bonds. The number of aromatic nitrogens is 4. The highest BCUT2D eigenvalue weighted by atomic mass is 32.2. The molecule has 4 rings (SSSR count). The van der Waals surface area contributed by atoms with Gasteiger partial charge in [-0.2, -0.15) is 9.78 Å². The van der Waals surface area contributed by atoms with Gasteiger partial charge in [0.2, 0.25) is 5.95 Å². The van der Waals surface area contributed by atoms with Crippen LogP contribution in [0.15, 0.2) is 62.8 Å². The fraction of sp³-hybridized carbons (Fsp3) is 0.182. The van der Waals surface area contributed by atoms with Crippen molar-refractivity contribution in [2.75, 3.05) is 11.6 Å². The minimum absolute atomic E-state index is 0.214. The number of carbonyl (C=O) groups excluding carboxylic acids is 1. The summed E-state index contributed by atoms with van der Waals surface area (Å²) in [6, 6.07) is 12.5. The molecular weight excluding hydrogens is 414 g/mol. The molecule has 0 spiro atoms. The van der Waals surface area contributed by atoms with Gasteiger partial charge in [0.1, 0.15) is 11.5 Å². The SMILES string of the molecule is CCc1c(C)nc(-n2nc(-c3ccco3)cc2NC(=O)c2ccccc2SC)[nH]c1=O. The van der Waals surface area contributed by atoms with Gasteiger partial charge in [0.15, 0.2) is 5.76 Å². The van der Waals surface area contributed by atoms with Crippen molar-refractivity contribution in [3.05, 3.63) is 75.9 Å². The Bertz CT molecular complexity index is 1290. The lowest BCUT2D eigenvalue weighted by Crippen LogP contribution is -2.22. The maximum atomic E-state index is 13.0. The molecule has 3 heterocycles. The van der Waals surface area contributed by atoms with Crippen molar-refractivity contribution in [2.45, 2.75) is 25.2 Å². The first-order valence-electron chi connectivity index (χ1n) is 9.70. The Kier molecular flexibility index (Phi) is 5.77. The van der Waals surface area contributed by atoms with Gasteiger partial charge in [0.05, 0.1) is 11.8 Å². The van der Waals surface area contributed by atoms with Gasteiger partial charge in [0, 0.05) is 22.2 Å².